The largest absolute Gasteiger partial charge is 0.329 e. The number of carbonyl (C=O) groups excluding carboxylic acids is 2. The van der Waals surface area contributed by atoms with E-state index in [1.54, 1.807) is 0 Å². The van der Waals surface area contributed by atoms with Gasteiger partial charge in [0, 0.05) is 262 Å². The molecule has 1 aliphatic rings. The van der Waals surface area contributed by atoms with Gasteiger partial charge in [0.1, 0.15) is 0 Å². The van der Waals surface area contributed by atoms with Crippen LogP contribution < -0.4 is 5.73 Å². The molecule has 0 unspecified atom stereocenters. The van der Waals surface area contributed by atoms with Crippen molar-refractivity contribution in [1.29, 1.82) is 0 Å². The van der Waals surface area contributed by atoms with Gasteiger partial charge in [0.15, 0.2) is 0 Å². The zero-order chi connectivity index (χ0) is 49.2. The van der Waals surface area contributed by atoms with Crippen LogP contribution in [0, 0.1) is 344 Å². The van der Waals surface area contributed by atoms with Crippen LogP contribution in [0.15, 0.2) is 12.2 Å². The molecule has 0 aromatic carbocycles. The molecule has 0 saturated carbocycles. The first kappa shape index (κ1) is 57.5. The fraction of sp³-hybridized carbons (Fsp3) is 0.0312. The van der Waals surface area contributed by atoms with Crippen molar-refractivity contribution in [3.05, 3.63) is 12.2 Å². The summed E-state index contributed by atoms with van der Waals surface area (Å²) >= 11 is 0. The van der Waals surface area contributed by atoms with Crippen LogP contribution in [-0.2, 0) is 9.59 Å². The summed E-state index contributed by atoms with van der Waals surface area (Å²) in [6, 6.07) is 0. The number of halogens is 1. The van der Waals surface area contributed by atoms with Crippen LogP contribution in [-0.4, -0.2) is 29.8 Å². The van der Waals surface area contributed by atoms with E-state index in [1.807, 2.05) is 0 Å². The third-order valence-electron chi connectivity index (χ3n) is 4.71. The summed E-state index contributed by atoms with van der Waals surface area (Å²) in [4.78, 5) is 22.6. The molecule has 0 bridgehead atoms. The van der Waals surface area contributed by atoms with Gasteiger partial charge in [0.2, 0.25) is 0 Å². The summed E-state index contributed by atoms with van der Waals surface area (Å²) in [5, 5.41) is 0. The van der Waals surface area contributed by atoms with E-state index in [9.17, 15) is 9.59 Å². The summed E-state index contributed by atoms with van der Waals surface area (Å²) in [5.74, 6) is 138. The molecule has 0 fully saturated rings. The first-order chi connectivity index (χ1) is 33.7. The van der Waals surface area contributed by atoms with Crippen LogP contribution in [0.2, 0.25) is 0 Å². The van der Waals surface area contributed by atoms with Crippen molar-refractivity contribution in [1.82, 2.24) is 4.90 Å². The molecule has 4 nitrogen and oxygen atoms in total. The average molecular weight is 875 g/mol. The van der Waals surface area contributed by atoms with E-state index >= 15 is 0 Å². The van der Waals surface area contributed by atoms with Crippen molar-refractivity contribution in [3.8, 4) is 344 Å². The lowest BCUT2D eigenvalue weighted by Crippen LogP contribution is -2.34. The third-order valence-corrected chi connectivity index (χ3v) is 4.71. The maximum Gasteiger partial charge on any atom is 0.253 e. The molecule has 0 atom stereocenters. The van der Waals surface area contributed by atoms with E-state index in [-0.39, 0.29) is 24.2 Å². The van der Waals surface area contributed by atoms with E-state index in [4.69, 9.17) is 18.6 Å². The van der Waals surface area contributed by atoms with Crippen molar-refractivity contribution in [2.75, 3.05) is 13.1 Å². The Kier molecular flexibility index (Phi) is 42.1. The fourth-order valence-electron chi connectivity index (χ4n) is 2.48. The second kappa shape index (κ2) is 50.5. The van der Waals surface area contributed by atoms with Crippen LogP contribution >= 0.6 is 12.4 Å². The minimum Gasteiger partial charge on any atom is -0.329 e. The lowest BCUT2D eigenvalue weighted by molar-refractivity contribution is -0.136. The minimum atomic E-state index is -0.268. The molecule has 2 N–H and O–H groups in total. The molecule has 5 heteroatoms. The Morgan fingerprint density at radius 3 is 0.493 bits per heavy atom. The maximum atomic E-state index is 10.7. The molecular formula is C64H11ClN2O2. The smallest absolute Gasteiger partial charge is 0.253 e. The number of amides is 2. The van der Waals surface area contributed by atoms with Crippen LogP contribution in [0.1, 0.15) is 0 Å². The summed E-state index contributed by atoms with van der Waals surface area (Å²) in [7, 11) is 0. The van der Waals surface area contributed by atoms with Gasteiger partial charge in [-0.15, -0.1) is 25.3 Å². The van der Waals surface area contributed by atoms with Crippen LogP contribution in [0.3, 0.4) is 0 Å². The SMILES string of the molecule is C#CC#CC#CC#CC#CC#CC#CC#CC#CC#CC#CC#CC#CC#CC#CC#CC#CC#CC#CC#CC#CC#CC#CC#CC#CC#CC#CC#CC#C.Cl.NCCN1C(=O)C=CC1=O. The fourth-order valence-corrected chi connectivity index (χ4v) is 2.48. The lowest BCUT2D eigenvalue weighted by atomic mass is 10.4. The van der Waals surface area contributed by atoms with Gasteiger partial charge in [0.05, 0.1) is 0 Å². The minimum absolute atomic E-state index is 0. The van der Waals surface area contributed by atoms with E-state index < -0.39 is 0 Å². The predicted molar refractivity (Wildman–Crippen MR) is 270 cm³/mol. The highest BCUT2D eigenvalue weighted by Gasteiger charge is 2.21. The standard InChI is InChI=1S/C58H2.C6H8N2O2.ClH/c1-3-5-7-9-11-13-15-17-19-21-23-25-27-29-31-33-35-37-39-41-43-45-47-49-51-53-55-57-58-56-54-52-50-48-46-44-42-40-38-36-34-32-30-28-26-24-22-20-18-16-14-12-10-8-6-4-2;7-3-4-8-5(9)1-2-6(8)10;/h1-2H;1-2H,3-4,7H2;1H. The summed E-state index contributed by atoms with van der Waals surface area (Å²) in [6.45, 7) is 0.629. The molecule has 2 amide bonds. The zero-order valence-corrected chi connectivity index (χ0v) is 35.8. The number of rotatable bonds is 2. The molecule has 0 radical (unpaired) electrons. The zero-order valence-electron chi connectivity index (χ0n) is 35.0. The Morgan fingerprint density at radius 1 is 0.275 bits per heavy atom. The van der Waals surface area contributed by atoms with Crippen molar-refractivity contribution in [2.24, 2.45) is 5.73 Å². The highest BCUT2D eigenvalue weighted by atomic mass is 35.5. The molecule has 296 valence electrons. The third kappa shape index (κ3) is 45.3. The van der Waals surface area contributed by atoms with Crippen molar-refractivity contribution in [3.63, 3.8) is 0 Å². The van der Waals surface area contributed by atoms with Gasteiger partial charge in [-0.1, -0.05) is 0 Å². The molecule has 0 aromatic heterocycles. The number of nitrogens with two attached hydrogens (primary N) is 1. The topological polar surface area (TPSA) is 63.4 Å². The number of nitrogens with zero attached hydrogens (tertiary/aromatic N) is 1. The number of imide groups is 1. The lowest BCUT2D eigenvalue weighted by Gasteiger charge is -2.10. The normalized spacial score (nSPS) is 5.75. The molecule has 1 rings (SSSR count). The van der Waals surface area contributed by atoms with E-state index in [2.05, 4.69) is 332 Å². The molecular weight excluding hydrogens is 864 g/mol. The first-order valence-corrected chi connectivity index (χ1v) is 17.3. The van der Waals surface area contributed by atoms with Crippen LogP contribution in [0.25, 0.3) is 0 Å². The highest BCUT2D eigenvalue weighted by Crippen LogP contribution is 2.00. The second-order valence-electron chi connectivity index (χ2n) is 8.99. The van der Waals surface area contributed by atoms with Crippen LogP contribution in [0.4, 0.5) is 0 Å². The number of terminal acetylenes is 2. The van der Waals surface area contributed by atoms with E-state index in [0.717, 1.165) is 4.90 Å². The van der Waals surface area contributed by atoms with Crippen LogP contribution in [0.5, 0.6) is 0 Å². The van der Waals surface area contributed by atoms with Gasteiger partial charge in [-0.25, -0.2) is 0 Å². The molecule has 0 saturated heterocycles. The average Bonchev–Trinajstić information content (AvgIpc) is 3.67. The van der Waals surface area contributed by atoms with E-state index in [1.165, 1.54) is 12.2 Å². The van der Waals surface area contributed by atoms with Gasteiger partial charge in [0.25, 0.3) is 11.8 Å². The number of carbonyl (C=O) groups is 2. The Balaban J connectivity index is 0. The van der Waals surface area contributed by atoms with Gasteiger partial charge in [-0.3, -0.25) is 14.5 Å². The number of hydrogen-bond acceptors (Lipinski definition) is 3. The Hall–Kier alpha value is -13.6. The van der Waals surface area contributed by atoms with E-state index in [0.29, 0.717) is 13.1 Å². The Bertz CT molecular complexity index is 3840. The monoisotopic (exact) mass is 874 g/mol. The Morgan fingerprint density at radius 2 is 0.391 bits per heavy atom. The highest BCUT2D eigenvalue weighted by molar-refractivity contribution is 6.12. The van der Waals surface area contributed by atoms with Gasteiger partial charge in [-0.05, 0) is 94.7 Å². The summed E-state index contributed by atoms with van der Waals surface area (Å²) in [5.41, 5.74) is 5.16. The van der Waals surface area contributed by atoms with Gasteiger partial charge >= 0.3 is 0 Å². The second-order valence-corrected chi connectivity index (χ2v) is 8.99. The summed E-state index contributed by atoms with van der Waals surface area (Å²) < 4.78 is 0. The molecule has 0 spiro atoms. The Labute approximate surface area is 412 Å². The first-order valence-electron chi connectivity index (χ1n) is 17.3. The van der Waals surface area contributed by atoms with Crippen molar-refractivity contribution in [2.45, 2.75) is 0 Å². The number of hydrogen-bond donors (Lipinski definition) is 1. The quantitative estimate of drug-likeness (QED) is 0.305. The molecule has 1 heterocycles. The summed E-state index contributed by atoms with van der Waals surface area (Å²) in [6.07, 6.45) is 12.4. The molecule has 0 aliphatic carbocycles. The molecule has 0 aromatic rings. The van der Waals surface area contributed by atoms with Crippen molar-refractivity contribution >= 4 is 24.2 Å². The molecule has 69 heavy (non-hydrogen) atoms. The van der Waals surface area contributed by atoms with Gasteiger partial charge < -0.3 is 5.73 Å². The van der Waals surface area contributed by atoms with Gasteiger partial charge in [-0.2, -0.15) is 0 Å². The van der Waals surface area contributed by atoms with Crippen molar-refractivity contribution < 1.29 is 9.59 Å². The molecule has 1 aliphatic heterocycles. The predicted octanol–water partition coefficient (Wildman–Crippen LogP) is -0.364. The maximum absolute atomic E-state index is 10.7.